The Morgan fingerprint density at radius 2 is 2.00 bits per heavy atom. The first-order valence-corrected chi connectivity index (χ1v) is 10.7. The number of methoxy groups -OCH3 is 1. The predicted molar refractivity (Wildman–Crippen MR) is 132 cm³/mol. The van der Waals surface area contributed by atoms with Crippen molar-refractivity contribution in [3.8, 4) is 5.75 Å². The zero-order valence-corrected chi connectivity index (χ0v) is 21.2. The summed E-state index contributed by atoms with van der Waals surface area (Å²) in [5, 5.41) is 4.60. The van der Waals surface area contributed by atoms with Crippen molar-refractivity contribution in [2.45, 2.75) is 26.8 Å². The summed E-state index contributed by atoms with van der Waals surface area (Å²) < 4.78 is 18.9. The van der Waals surface area contributed by atoms with Crippen molar-refractivity contribution in [1.82, 2.24) is 20.1 Å². The number of hydrogen-bond acceptors (Lipinski definition) is 5. The van der Waals surface area contributed by atoms with Crippen LogP contribution in [0.5, 0.6) is 5.75 Å². The minimum atomic E-state index is -0.306. The van der Waals surface area contributed by atoms with Crippen LogP contribution in [0.1, 0.15) is 21.1 Å². The van der Waals surface area contributed by atoms with E-state index in [1.807, 2.05) is 20.0 Å². The molecule has 2 heterocycles. The molecule has 9 heteroatoms. The van der Waals surface area contributed by atoms with Crippen molar-refractivity contribution >= 4 is 41.3 Å². The van der Waals surface area contributed by atoms with E-state index in [9.17, 15) is 4.39 Å². The van der Waals surface area contributed by atoms with Gasteiger partial charge < -0.3 is 15.0 Å². The molecule has 0 amide bonds. The number of aryl methyl sites for hydroxylation is 2. The minimum Gasteiger partial charge on any atom is -0.494 e. The molecule has 1 fully saturated rings. The Morgan fingerprint density at radius 3 is 2.57 bits per heavy atom. The van der Waals surface area contributed by atoms with Gasteiger partial charge in [-0.1, -0.05) is 6.07 Å². The molecule has 0 bridgehead atoms. The quantitative estimate of drug-likeness (QED) is 0.341. The van der Waals surface area contributed by atoms with Crippen LogP contribution in [0.3, 0.4) is 0 Å². The van der Waals surface area contributed by atoms with Crippen LogP contribution < -0.4 is 10.1 Å². The Labute approximate surface area is 199 Å². The van der Waals surface area contributed by atoms with Gasteiger partial charge in [-0.2, -0.15) is 0 Å². The lowest BCUT2D eigenvalue weighted by molar-refractivity contribution is 0.172. The lowest BCUT2D eigenvalue weighted by atomic mass is 10.2. The van der Waals surface area contributed by atoms with Gasteiger partial charge in [0.2, 0.25) is 0 Å². The van der Waals surface area contributed by atoms with Crippen LogP contribution in [0.25, 0.3) is 0 Å². The second-order valence-corrected chi connectivity index (χ2v) is 8.49. The smallest absolute Gasteiger partial charge is 0.193 e. The maximum absolute atomic E-state index is 13.9. The Morgan fingerprint density at radius 1 is 1.27 bits per heavy atom. The van der Waals surface area contributed by atoms with E-state index in [2.05, 4.69) is 32.0 Å². The molecule has 0 unspecified atom stereocenters. The third kappa shape index (κ3) is 6.52. The molecule has 1 aromatic carbocycles. The van der Waals surface area contributed by atoms with Crippen LogP contribution >= 0.6 is 35.3 Å². The number of nitrogens with zero attached hydrogens (tertiary/aromatic N) is 4. The fourth-order valence-corrected chi connectivity index (χ4v) is 4.55. The van der Waals surface area contributed by atoms with Crippen molar-refractivity contribution in [2.24, 2.45) is 4.99 Å². The summed E-state index contributed by atoms with van der Waals surface area (Å²) >= 11 is 1.77. The van der Waals surface area contributed by atoms with Crippen LogP contribution in [0.2, 0.25) is 0 Å². The number of halogens is 2. The Balaban J connectivity index is 0.00000320. The molecular formula is C21H31FIN5OS. The molecule has 2 aromatic rings. The van der Waals surface area contributed by atoms with Gasteiger partial charge in [-0.25, -0.2) is 9.37 Å². The summed E-state index contributed by atoms with van der Waals surface area (Å²) in [6.07, 6.45) is 0.958. The summed E-state index contributed by atoms with van der Waals surface area (Å²) in [4.78, 5) is 14.9. The molecule has 30 heavy (non-hydrogen) atoms. The first kappa shape index (κ1) is 24.8. The van der Waals surface area contributed by atoms with Crippen molar-refractivity contribution in [1.29, 1.82) is 0 Å². The molecule has 1 aromatic heterocycles. The maximum atomic E-state index is 13.9. The van der Waals surface area contributed by atoms with Gasteiger partial charge in [0, 0.05) is 57.6 Å². The van der Waals surface area contributed by atoms with E-state index in [4.69, 9.17) is 4.74 Å². The van der Waals surface area contributed by atoms with E-state index < -0.39 is 0 Å². The van der Waals surface area contributed by atoms with Gasteiger partial charge in [0.05, 0.1) is 17.8 Å². The van der Waals surface area contributed by atoms with Gasteiger partial charge in [-0.15, -0.1) is 35.3 Å². The first-order chi connectivity index (χ1) is 14.0. The molecule has 0 radical (unpaired) electrons. The van der Waals surface area contributed by atoms with Crippen molar-refractivity contribution in [3.63, 3.8) is 0 Å². The van der Waals surface area contributed by atoms with E-state index in [0.717, 1.165) is 67.9 Å². The highest BCUT2D eigenvalue weighted by molar-refractivity contribution is 14.0. The van der Waals surface area contributed by atoms with Crippen molar-refractivity contribution in [2.75, 3.05) is 46.9 Å². The predicted octanol–water partition coefficient (Wildman–Crippen LogP) is 3.46. The van der Waals surface area contributed by atoms with Gasteiger partial charge >= 0.3 is 0 Å². The third-order valence-corrected chi connectivity index (χ3v) is 6.27. The lowest BCUT2D eigenvalue weighted by Crippen LogP contribution is -2.52. The fraction of sp³-hybridized carbons (Fsp3) is 0.524. The molecule has 0 aliphatic carbocycles. The Hall–Kier alpha value is -1.46. The molecule has 1 aliphatic heterocycles. The number of hydrogen-bond donors (Lipinski definition) is 1. The van der Waals surface area contributed by atoms with Crippen molar-refractivity contribution in [3.05, 3.63) is 45.2 Å². The largest absolute Gasteiger partial charge is 0.494 e. The molecule has 0 spiro atoms. The standard InChI is InChI=1S/C21H30FN5OS.HI/c1-15-20(29-16(2)25-15)7-8-24-21(23-3)27-11-9-26(10-12-27)14-17-5-6-19(28-4)18(22)13-17;/h5-6,13H,7-12,14H2,1-4H3,(H,23,24);1H. The van der Waals surface area contributed by atoms with Gasteiger partial charge in [0.15, 0.2) is 17.5 Å². The molecule has 6 nitrogen and oxygen atoms in total. The topological polar surface area (TPSA) is 53.0 Å². The van der Waals surface area contributed by atoms with Gasteiger partial charge in [-0.05, 0) is 31.5 Å². The zero-order chi connectivity index (χ0) is 20.8. The van der Waals surface area contributed by atoms with Crippen LogP contribution in [0.15, 0.2) is 23.2 Å². The van der Waals surface area contributed by atoms with Crippen LogP contribution in [-0.4, -0.2) is 67.6 Å². The molecule has 166 valence electrons. The summed E-state index contributed by atoms with van der Waals surface area (Å²) in [5.41, 5.74) is 2.10. The monoisotopic (exact) mass is 547 g/mol. The van der Waals surface area contributed by atoms with E-state index in [1.165, 1.54) is 12.0 Å². The highest BCUT2D eigenvalue weighted by Gasteiger charge is 2.20. The summed E-state index contributed by atoms with van der Waals surface area (Å²) in [7, 11) is 3.31. The number of aliphatic imine (C=N–C) groups is 1. The molecule has 1 aliphatic rings. The third-order valence-electron chi connectivity index (χ3n) is 5.14. The number of benzene rings is 1. The zero-order valence-electron chi connectivity index (χ0n) is 18.1. The molecule has 1 saturated heterocycles. The molecule has 1 N–H and O–H groups in total. The first-order valence-electron chi connectivity index (χ1n) is 9.93. The van der Waals surface area contributed by atoms with Crippen molar-refractivity contribution < 1.29 is 9.13 Å². The number of aromatic nitrogens is 1. The second kappa shape index (κ2) is 11.8. The van der Waals surface area contributed by atoms with Crippen LogP contribution in [0.4, 0.5) is 4.39 Å². The number of rotatable bonds is 6. The van der Waals surface area contributed by atoms with Gasteiger partial charge in [0.25, 0.3) is 0 Å². The number of piperazine rings is 1. The van der Waals surface area contributed by atoms with Crippen LogP contribution in [0, 0.1) is 19.7 Å². The fourth-order valence-electron chi connectivity index (χ4n) is 3.61. The minimum absolute atomic E-state index is 0. The number of nitrogens with one attached hydrogen (secondary N) is 1. The van der Waals surface area contributed by atoms with Gasteiger partial charge in [-0.3, -0.25) is 9.89 Å². The van der Waals surface area contributed by atoms with Gasteiger partial charge in [0.1, 0.15) is 0 Å². The average molecular weight is 547 g/mol. The highest BCUT2D eigenvalue weighted by Crippen LogP contribution is 2.19. The molecule has 0 saturated carbocycles. The number of ether oxygens (including phenoxy) is 1. The average Bonchev–Trinajstić information content (AvgIpc) is 3.03. The van der Waals surface area contributed by atoms with E-state index in [0.29, 0.717) is 0 Å². The SMILES string of the molecule is CN=C(NCCc1sc(C)nc1C)N1CCN(Cc2ccc(OC)c(F)c2)CC1.I. The maximum Gasteiger partial charge on any atom is 0.193 e. The van der Waals surface area contributed by atoms with E-state index in [1.54, 1.807) is 23.5 Å². The number of thiazole rings is 1. The normalized spacial score (nSPS) is 15.1. The van der Waals surface area contributed by atoms with E-state index >= 15 is 0 Å². The molecule has 0 atom stereocenters. The molecule has 3 rings (SSSR count). The second-order valence-electron chi connectivity index (χ2n) is 7.20. The molecular weight excluding hydrogens is 516 g/mol. The lowest BCUT2D eigenvalue weighted by Gasteiger charge is -2.36. The van der Waals surface area contributed by atoms with Crippen LogP contribution in [-0.2, 0) is 13.0 Å². The number of guanidine groups is 1. The summed E-state index contributed by atoms with van der Waals surface area (Å²) in [6.45, 7) is 9.34. The summed E-state index contributed by atoms with van der Waals surface area (Å²) in [6, 6.07) is 5.19. The summed E-state index contributed by atoms with van der Waals surface area (Å²) in [5.74, 6) is 0.927. The Kier molecular flexibility index (Phi) is 9.76. The Bertz CT molecular complexity index is 852. The highest BCUT2D eigenvalue weighted by atomic mass is 127. The van der Waals surface area contributed by atoms with E-state index in [-0.39, 0.29) is 35.5 Å².